The summed E-state index contributed by atoms with van der Waals surface area (Å²) in [5.41, 5.74) is 10.4. The summed E-state index contributed by atoms with van der Waals surface area (Å²) in [4.78, 5) is 5.31. The predicted molar refractivity (Wildman–Crippen MR) is 191 cm³/mol. The number of hydrogen-bond donors (Lipinski definition) is 0. The molecule has 3 heteroatoms. The van der Waals surface area contributed by atoms with Gasteiger partial charge in [-0.25, -0.2) is 4.98 Å². The van der Waals surface area contributed by atoms with Gasteiger partial charge >= 0.3 is 0 Å². The Morgan fingerprint density at radius 1 is 0.556 bits per heavy atom. The van der Waals surface area contributed by atoms with Gasteiger partial charge in [-0.2, -0.15) is 0 Å². The van der Waals surface area contributed by atoms with Gasteiger partial charge in [-0.3, -0.25) is 4.57 Å². The molecule has 0 amide bonds. The van der Waals surface area contributed by atoms with Crippen molar-refractivity contribution in [3.63, 3.8) is 0 Å². The number of fused-ring (bicyclic) bond motifs is 7. The van der Waals surface area contributed by atoms with Crippen LogP contribution in [-0.4, -0.2) is 9.55 Å². The summed E-state index contributed by atoms with van der Waals surface area (Å²) >= 11 is 0. The largest absolute Gasteiger partial charge is 0.456 e. The third kappa shape index (κ3) is 4.36. The zero-order valence-electron chi connectivity index (χ0n) is 26.8. The molecular weight excluding hydrogens is 548 g/mol. The molecule has 8 rings (SSSR count). The molecular formula is C42H38N2O. The molecule has 0 radical (unpaired) electrons. The number of rotatable bonds is 5. The molecule has 6 aromatic carbocycles. The second-order valence-corrected chi connectivity index (χ2v) is 13.4. The molecule has 222 valence electrons. The molecule has 0 fully saturated rings. The van der Waals surface area contributed by atoms with Crippen LogP contribution < -0.4 is 0 Å². The number of furan rings is 1. The highest BCUT2D eigenvalue weighted by Gasteiger charge is 2.24. The molecule has 0 saturated carbocycles. The van der Waals surface area contributed by atoms with Gasteiger partial charge in [0, 0.05) is 16.3 Å². The molecule has 8 aromatic rings. The van der Waals surface area contributed by atoms with E-state index in [1.165, 1.54) is 43.9 Å². The summed E-state index contributed by atoms with van der Waals surface area (Å²) in [7, 11) is 0. The fourth-order valence-corrected chi connectivity index (χ4v) is 7.04. The van der Waals surface area contributed by atoms with Crippen molar-refractivity contribution in [1.82, 2.24) is 9.55 Å². The zero-order chi connectivity index (χ0) is 31.0. The minimum Gasteiger partial charge on any atom is -0.456 e. The van der Waals surface area contributed by atoms with Gasteiger partial charge in [-0.15, -0.1) is 0 Å². The van der Waals surface area contributed by atoms with Crippen molar-refractivity contribution in [3.8, 4) is 17.1 Å². The Balaban J connectivity index is 1.43. The Bertz CT molecular complexity index is 2390. The van der Waals surface area contributed by atoms with E-state index in [2.05, 4.69) is 149 Å². The molecule has 2 aromatic heterocycles. The van der Waals surface area contributed by atoms with E-state index in [9.17, 15) is 0 Å². The maximum Gasteiger partial charge on any atom is 0.145 e. The first-order valence-corrected chi connectivity index (χ1v) is 16.2. The fraction of sp³-hybridized carbons (Fsp3) is 0.214. The van der Waals surface area contributed by atoms with E-state index in [0.29, 0.717) is 17.8 Å². The topological polar surface area (TPSA) is 31.0 Å². The SMILES string of the molecule is CC(C)c1cc(C(C)C)c(-n2c(-c3ccc4oc5cc6ccc7ccccc7c6cc5c4c3)nc3ccccc32)c(C(C)C)c1. The Morgan fingerprint density at radius 3 is 2.00 bits per heavy atom. The van der Waals surface area contributed by atoms with Crippen LogP contribution in [0.3, 0.4) is 0 Å². The van der Waals surface area contributed by atoms with E-state index in [0.717, 1.165) is 44.4 Å². The van der Waals surface area contributed by atoms with E-state index in [1.807, 2.05) is 0 Å². The maximum atomic E-state index is 6.45. The molecule has 0 aliphatic rings. The van der Waals surface area contributed by atoms with E-state index in [4.69, 9.17) is 9.40 Å². The predicted octanol–water partition coefficient (Wildman–Crippen LogP) is 12.3. The lowest BCUT2D eigenvalue weighted by molar-refractivity contribution is 0.669. The van der Waals surface area contributed by atoms with Gasteiger partial charge in [0.05, 0.1) is 16.7 Å². The van der Waals surface area contributed by atoms with Crippen LogP contribution in [-0.2, 0) is 0 Å². The molecule has 0 bridgehead atoms. The molecule has 0 aliphatic heterocycles. The lowest BCUT2D eigenvalue weighted by Crippen LogP contribution is -2.10. The van der Waals surface area contributed by atoms with Crippen molar-refractivity contribution in [1.29, 1.82) is 0 Å². The van der Waals surface area contributed by atoms with Gasteiger partial charge < -0.3 is 4.42 Å². The van der Waals surface area contributed by atoms with Crippen LogP contribution in [0.4, 0.5) is 0 Å². The summed E-state index contributed by atoms with van der Waals surface area (Å²) < 4.78 is 8.87. The summed E-state index contributed by atoms with van der Waals surface area (Å²) in [6.07, 6.45) is 0. The first-order chi connectivity index (χ1) is 21.8. The Hall–Kier alpha value is -4.89. The normalized spacial score (nSPS) is 12.4. The van der Waals surface area contributed by atoms with Crippen molar-refractivity contribution >= 4 is 54.5 Å². The maximum absolute atomic E-state index is 6.45. The van der Waals surface area contributed by atoms with Gasteiger partial charge in [0.25, 0.3) is 0 Å². The Labute approximate surface area is 264 Å². The van der Waals surface area contributed by atoms with E-state index >= 15 is 0 Å². The molecule has 45 heavy (non-hydrogen) atoms. The number of nitrogens with zero attached hydrogens (tertiary/aromatic N) is 2. The van der Waals surface area contributed by atoms with Gasteiger partial charge in [0.1, 0.15) is 17.0 Å². The molecule has 3 nitrogen and oxygen atoms in total. The second kappa shape index (κ2) is 10.3. The molecule has 0 atom stereocenters. The van der Waals surface area contributed by atoms with Crippen LogP contribution >= 0.6 is 0 Å². The number of benzene rings is 6. The summed E-state index contributed by atoms with van der Waals surface area (Å²) in [6.45, 7) is 13.8. The first kappa shape index (κ1) is 27.6. The van der Waals surface area contributed by atoms with E-state index in [-0.39, 0.29) is 0 Å². The average molecular weight is 587 g/mol. The highest BCUT2D eigenvalue weighted by atomic mass is 16.3. The van der Waals surface area contributed by atoms with Crippen LogP contribution in [0.25, 0.3) is 71.6 Å². The van der Waals surface area contributed by atoms with Gasteiger partial charge in [-0.1, -0.05) is 102 Å². The monoisotopic (exact) mass is 586 g/mol. The highest BCUT2D eigenvalue weighted by Crippen LogP contribution is 2.41. The van der Waals surface area contributed by atoms with Crippen molar-refractivity contribution in [2.24, 2.45) is 0 Å². The zero-order valence-corrected chi connectivity index (χ0v) is 26.8. The minimum absolute atomic E-state index is 0.355. The van der Waals surface area contributed by atoms with Gasteiger partial charge in [0.2, 0.25) is 0 Å². The Morgan fingerprint density at radius 2 is 1.24 bits per heavy atom. The summed E-state index contributed by atoms with van der Waals surface area (Å²) in [5, 5.41) is 7.18. The lowest BCUT2D eigenvalue weighted by atomic mass is 9.87. The van der Waals surface area contributed by atoms with Crippen molar-refractivity contribution in [2.45, 2.75) is 59.3 Å². The van der Waals surface area contributed by atoms with Gasteiger partial charge in [-0.05, 0) is 98.5 Å². The quantitative estimate of drug-likeness (QED) is 0.188. The molecule has 0 N–H and O–H groups in total. The first-order valence-electron chi connectivity index (χ1n) is 16.2. The molecule has 0 aliphatic carbocycles. The highest BCUT2D eigenvalue weighted by molar-refractivity contribution is 6.16. The van der Waals surface area contributed by atoms with Crippen LogP contribution in [0, 0.1) is 0 Å². The van der Waals surface area contributed by atoms with Crippen LogP contribution in [0.1, 0.15) is 76.0 Å². The van der Waals surface area contributed by atoms with Crippen molar-refractivity contribution < 1.29 is 4.42 Å². The molecule has 2 heterocycles. The van der Waals surface area contributed by atoms with E-state index < -0.39 is 0 Å². The standard InChI is InChI=1S/C42H38N2O/c1-24(2)30-20-32(25(3)4)41(33(21-30)26(5)6)44-38-14-10-9-13-37(38)43-42(44)29-17-18-39-35(19-29)36-23-34-28(22-40(36)45-39)16-15-27-11-7-8-12-31(27)34/h7-26H,1-6H3. The fourth-order valence-electron chi connectivity index (χ4n) is 7.04. The van der Waals surface area contributed by atoms with Crippen molar-refractivity contribution in [3.05, 3.63) is 120 Å². The number of imidazole rings is 1. The van der Waals surface area contributed by atoms with Crippen LogP contribution in [0.15, 0.2) is 108 Å². The minimum atomic E-state index is 0.355. The summed E-state index contributed by atoms with van der Waals surface area (Å²) in [5.74, 6) is 2.13. The van der Waals surface area contributed by atoms with E-state index in [1.54, 1.807) is 0 Å². The van der Waals surface area contributed by atoms with Gasteiger partial charge in [0.15, 0.2) is 0 Å². The number of hydrogen-bond acceptors (Lipinski definition) is 2. The second-order valence-electron chi connectivity index (χ2n) is 13.4. The lowest BCUT2D eigenvalue weighted by Gasteiger charge is -2.25. The number of aromatic nitrogens is 2. The third-order valence-electron chi connectivity index (χ3n) is 9.48. The molecule has 0 saturated heterocycles. The third-order valence-corrected chi connectivity index (χ3v) is 9.48. The summed E-state index contributed by atoms with van der Waals surface area (Å²) in [6, 6.07) is 37.5. The smallest absolute Gasteiger partial charge is 0.145 e. The number of para-hydroxylation sites is 2. The van der Waals surface area contributed by atoms with Crippen molar-refractivity contribution in [2.75, 3.05) is 0 Å². The molecule has 0 unspecified atom stereocenters. The van der Waals surface area contributed by atoms with Crippen LogP contribution in [0.5, 0.6) is 0 Å². The Kier molecular flexibility index (Phi) is 6.35. The molecule has 0 spiro atoms. The average Bonchev–Trinajstić information content (AvgIpc) is 3.60. The van der Waals surface area contributed by atoms with Crippen LogP contribution in [0.2, 0.25) is 0 Å².